The first-order chi connectivity index (χ1) is 22.7. The number of aromatic nitrogens is 2. The highest BCUT2D eigenvalue weighted by Gasteiger charge is 2.21. The third-order valence-corrected chi connectivity index (χ3v) is 8.15. The first-order valence-electron chi connectivity index (χ1n) is 16.8. The lowest BCUT2D eigenvalue weighted by Gasteiger charge is -2.21. The van der Waals surface area contributed by atoms with Crippen LogP contribution in [0, 0.1) is 11.8 Å². The van der Waals surface area contributed by atoms with Gasteiger partial charge in [0.1, 0.15) is 23.4 Å². The van der Waals surface area contributed by atoms with Crippen LogP contribution in [-0.4, -0.2) is 27.7 Å². The minimum Gasteiger partial charge on any atom is -0.481 e. The van der Waals surface area contributed by atoms with E-state index in [1.54, 1.807) is 19.1 Å². The summed E-state index contributed by atoms with van der Waals surface area (Å²) in [6.45, 7) is 11.1. The Morgan fingerprint density at radius 2 is 1.36 bits per heavy atom. The van der Waals surface area contributed by atoms with Gasteiger partial charge in [0.15, 0.2) is 0 Å². The largest absolute Gasteiger partial charge is 0.481 e. The van der Waals surface area contributed by atoms with E-state index in [1.807, 2.05) is 40.9 Å². The maximum atomic E-state index is 13.7. The molecule has 0 amide bonds. The number of carbonyl (C=O) groups excluding carboxylic acids is 2. The lowest BCUT2D eigenvalue weighted by molar-refractivity contribution is -0.143. The number of ketones is 1. The lowest BCUT2D eigenvalue weighted by Crippen LogP contribution is -2.10. The molecule has 0 atom stereocenters. The Hall–Kier alpha value is -4.71. The topological polar surface area (TPSA) is 69.9 Å². The Labute approximate surface area is 278 Å². The summed E-state index contributed by atoms with van der Waals surface area (Å²) in [6.07, 6.45) is 5.13. The Bertz CT molecular complexity index is 1710. The van der Waals surface area contributed by atoms with Crippen LogP contribution in [-0.2, 0) is 28.8 Å². The fourth-order valence-electron chi connectivity index (χ4n) is 5.95. The number of hydrogen-bond donors (Lipinski definition) is 0. The molecule has 47 heavy (non-hydrogen) atoms. The van der Waals surface area contributed by atoms with Gasteiger partial charge in [0.25, 0.3) is 0 Å². The molecule has 0 N–H and O–H groups in total. The Balaban J connectivity index is 1.37. The molecule has 3 aromatic carbocycles. The van der Waals surface area contributed by atoms with Crippen molar-refractivity contribution in [3.8, 4) is 5.75 Å². The number of esters is 1. The fraction of sp³-hybridized carbons (Fsp3) is 0.341. The van der Waals surface area contributed by atoms with Crippen molar-refractivity contribution in [1.82, 2.24) is 9.38 Å². The van der Waals surface area contributed by atoms with Gasteiger partial charge in [0, 0.05) is 24.6 Å². The van der Waals surface area contributed by atoms with Gasteiger partial charge in [-0.05, 0) is 96.7 Å². The molecular formula is C41H46N2O4. The Morgan fingerprint density at radius 1 is 0.766 bits per heavy atom. The molecule has 0 aliphatic rings. The molecule has 6 heteroatoms. The maximum Gasteiger partial charge on any atom is 0.305 e. The predicted octanol–water partition coefficient (Wildman–Crippen LogP) is 9.02. The van der Waals surface area contributed by atoms with Gasteiger partial charge in [-0.15, -0.1) is 0 Å². The number of hydrogen-bond acceptors (Lipinski definition) is 5. The van der Waals surface area contributed by atoms with Crippen molar-refractivity contribution >= 4 is 17.3 Å². The van der Waals surface area contributed by atoms with Gasteiger partial charge in [-0.1, -0.05) is 82.3 Å². The van der Waals surface area contributed by atoms with Gasteiger partial charge >= 0.3 is 5.97 Å². The van der Waals surface area contributed by atoms with Crippen LogP contribution in [0.4, 0.5) is 0 Å². The molecule has 0 fully saturated rings. The molecule has 2 aromatic heterocycles. The zero-order valence-electron chi connectivity index (χ0n) is 28.2. The van der Waals surface area contributed by atoms with E-state index in [0.29, 0.717) is 54.7 Å². The summed E-state index contributed by atoms with van der Waals surface area (Å²) in [5.74, 6) is 2.22. The highest BCUT2D eigenvalue weighted by atomic mass is 16.5. The SMILES string of the molecule is CCOC(=O)CCCc1nc(C(=O)c2ccc(OC(c3ccc(CC(C)C)cc3)c3ccc(CC(C)C)cc3)cc2)c2ccccn12. The monoisotopic (exact) mass is 630 g/mol. The summed E-state index contributed by atoms with van der Waals surface area (Å²) in [5.41, 5.74) is 6.45. The molecule has 0 saturated carbocycles. The van der Waals surface area contributed by atoms with Gasteiger partial charge in [0.05, 0.1) is 12.1 Å². The van der Waals surface area contributed by atoms with Gasteiger partial charge in [-0.25, -0.2) is 4.98 Å². The average molecular weight is 631 g/mol. The van der Waals surface area contributed by atoms with E-state index in [-0.39, 0.29) is 17.9 Å². The number of rotatable bonds is 15. The van der Waals surface area contributed by atoms with E-state index >= 15 is 0 Å². The molecule has 0 radical (unpaired) electrons. The number of carbonyl (C=O) groups is 2. The molecule has 2 heterocycles. The molecule has 0 unspecified atom stereocenters. The normalized spacial score (nSPS) is 11.5. The number of ether oxygens (including phenoxy) is 2. The van der Waals surface area contributed by atoms with Gasteiger partial charge < -0.3 is 13.9 Å². The molecule has 244 valence electrons. The van der Waals surface area contributed by atoms with E-state index in [9.17, 15) is 9.59 Å². The standard InChI is InChI=1S/C41H46N2O4/c1-6-46-38(44)12-9-11-37-42-39(36-10-7-8-25-43(36)37)40(45)32-21-23-35(24-22-32)47-41(33-17-13-30(14-18-33)26-28(2)3)34-19-15-31(16-20-34)27-29(4)5/h7-8,10,13-25,28-29,41H,6,9,11-12,26-27H2,1-5H3. The molecular weight excluding hydrogens is 584 g/mol. The number of imidazole rings is 1. The molecule has 0 aliphatic carbocycles. The molecule has 0 spiro atoms. The van der Waals surface area contributed by atoms with Crippen molar-refractivity contribution in [2.45, 2.75) is 72.8 Å². The van der Waals surface area contributed by atoms with Crippen LogP contribution in [0.1, 0.15) is 97.7 Å². The van der Waals surface area contributed by atoms with Crippen molar-refractivity contribution in [3.63, 3.8) is 0 Å². The number of nitrogens with zero attached hydrogens (tertiary/aromatic N) is 2. The second-order valence-electron chi connectivity index (χ2n) is 13.0. The van der Waals surface area contributed by atoms with Crippen molar-refractivity contribution in [1.29, 1.82) is 0 Å². The summed E-state index contributed by atoms with van der Waals surface area (Å²) >= 11 is 0. The molecule has 0 saturated heterocycles. The third-order valence-electron chi connectivity index (χ3n) is 8.15. The Morgan fingerprint density at radius 3 is 1.91 bits per heavy atom. The van der Waals surface area contributed by atoms with E-state index in [2.05, 4.69) is 76.2 Å². The lowest BCUT2D eigenvalue weighted by atomic mass is 9.95. The second-order valence-corrected chi connectivity index (χ2v) is 13.0. The summed E-state index contributed by atoms with van der Waals surface area (Å²) < 4.78 is 13.6. The first kappa shape index (κ1) is 33.6. The van der Waals surface area contributed by atoms with Crippen molar-refractivity contribution in [2.24, 2.45) is 11.8 Å². The van der Waals surface area contributed by atoms with Crippen LogP contribution in [0.3, 0.4) is 0 Å². The molecule has 5 rings (SSSR count). The first-order valence-corrected chi connectivity index (χ1v) is 16.8. The predicted molar refractivity (Wildman–Crippen MR) is 187 cm³/mol. The maximum absolute atomic E-state index is 13.7. The quantitative estimate of drug-likeness (QED) is 0.0853. The van der Waals surface area contributed by atoms with E-state index in [1.165, 1.54) is 11.1 Å². The van der Waals surface area contributed by atoms with Gasteiger partial charge in [0.2, 0.25) is 5.78 Å². The summed E-state index contributed by atoms with van der Waals surface area (Å²) in [4.78, 5) is 30.3. The Kier molecular flexibility index (Phi) is 11.3. The van der Waals surface area contributed by atoms with Crippen molar-refractivity contribution < 1.29 is 19.1 Å². The van der Waals surface area contributed by atoms with Crippen LogP contribution in [0.15, 0.2) is 97.2 Å². The number of pyridine rings is 1. The van der Waals surface area contributed by atoms with Crippen LogP contribution in [0.25, 0.3) is 5.52 Å². The minimum atomic E-state index is -0.299. The van der Waals surface area contributed by atoms with E-state index in [4.69, 9.17) is 14.5 Å². The highest BCUT2D eigenvalue weighted by Crippen LogP contribution is 2.30. The van der Waals surface area contributed by atoms with Crippen LogP contribution >= 0.6 is 0 Å². The van der Waals surface area contributed by atoms with Crippen molar-refractivity contribution in [2.75, 3.05) is 6.61 Å². The van der Waals surface area contributed by atoms with E-state index in [0.717, 1.165) is 35.3 Å². The highest BCUT2D eigenvalue weighted by molar-refractivity contribution is 6.12. The molecule has 5 aromatic rings. The number of fused-ring (bicyclic) bond motifs is 1. The number of aryl methyl sites for hydroxylation is 1. The summed E-state index contributed by atoms with van der Waals surface area (Å²) in [5, 5.41) is 0. The second kappa shape index (κ2) is 15.7. The summed E-state index contributed by atoms with van der Waals surface area (Å²) in [7, 11) is 0. The smallest absolute Gasteiger partial charge is 0.305 e. The molecule has 6 nitrogen and oxygen atoms in total. The molecule has 0 bridgehead atoms. The minimum absolute atomic E-state index is 0.157. The van der Waals surface area contributed by atoms with Crippen LogP contribution in [0.2, 0.25) is 0 Å². The average Bonchev–Trinajstić information content (AvgIpc) is 3.43. The third kappa shape index (κ3) is 8.76. The summed E-state index contributed by atoms with van der Waals surface area (Å²) in [6, 6.07) is 30.5. The zero-order valence-corrected chi connectivity index (χ0v) is 28.2. The van der Waals surface area contributed by atoms with Crippen molar-refractivity contribution in [3.05, 3.63) is 137 Å². The van der Waals surface area contributed by atoms with Gasteiger partial charge in [-0.2, -0.15) is 0 Å². The van der Waals surface area contributed by atoms with Gasteiger partial charge in [-0.3, -0.25) is 9.59 Å². The zero-order chi connectivity index (χ0) is 33.3. The molecule has 0 aliphatic heterocycles. The fourth-order valence-corrected chi connectivity index (χ4v) is 5.95. The van der Waals surface area contributed by atoms with E-state index < -0.39 is 0 Å². The van der Waals surface area contributed by atoms with Crippen LogP contribution in [0.5, 0.6) is 5.75 Å². The number of benzene rings is 3. The van der Waals surface area contributed by atoms with Crippen LogP contribution < -0.4 is 4.74 Å².